The van der Waals surface area contributed by atoms with Gasteiger partial charge in [-0.1, -0.05) is 82.7 Å². The van der Waals surface area contributed by atoms with Crippen LogP contribution in [-0.4, -0.2) is 6.61 Å². The van der Waals surface area contributed by atoms with E-state index in [0.717, 1.165) is 80.9 Å². The minimum atomic E-state index is -5.22. The molecular formula is C35H46F6O. The zero-order valence-corrected chi connectivity index (χ0v) is 25.1. The van der Waals surface area contributed by atoms with Crippen LogP contribution in [0, 0.1) is 23.7 Å². The molecule has 2 aromatic carbocycles. The van der Waals surface area contributed by atoms with E-state index in [2.05, 4.69) is 13.8 Å². The first-order chi connectivity index (χ1) is 20.0. The van der Waals surface area contributed by atoms with Gasteiger partial charge in [-0.25, -0.2) is 0 Å². The third-order valence-corrected chi connectivity index (χ3v) is 9.69. The van der Waals surface area contributed by atoms with Crippen LogP contribution >= 0.6 is 0 Å². The van der Waals surface area contributed by atoms with E-state index in [1.165, 1.54) is 50.7 Å². The van der Waals surface area contributed by atoms with Crippen molar-refractivity contribution in [2.24, 2.45) is 23.7 Å². The topological polar surface area (TPSA) is 9.23 Å². The second-order valence-corrected chi connectivity index (χ2v) is 12.7. The van der Waals surface area contributed by atoms with Gasteiger partial charge in [0.1, 0.15) is 11.3 Å². The summed E-state index contributed by atoms with van der Waals surface area (Å²) in [6.45, 7) is 4.32. The Morgan fingerprint density at radius 3 is 1.74 bits per heavy atom. The number of halogens is 6. The number of rotatable bonds is 11. The molecule has 2 fully saturated rings. The second-order valence-electron chi connectivity index (χ2n) is 12.7. The standard InChI is InChI=1S/C35H46F6O/c1-3-5-6-8-25-11-19-29(20-12-25)30-21-22-31(33(35(39,40)41)32(30)34(36,37)38)42-23-26-13-17-28(18-14-26)27-15-9-24(7-4-2)10-16-27/h11-12,19-22,24,26-28H,3-10,13-18,23H2,1-2H3. The van der Waals surface area contributed by atoms with E-state index in [4.69, 9.17) is 4.74 Å². The summed E-state index contributed by atoms with van der Waals surface area (Å²) < 4.78 is 91.4. The van der Waals surface area contributed by atoms with Crippen LogP contribution in [0.5, 0.6) is 5.75 Å². The summed E-state index contributed by atoms with van der Waals surface area (Å²) in [5, 5.41) is 0. The number of hydrogen-bond donors (Lipinski definition) is 0. The predicted molar refractivity (Wildman–Crippen MR) is 156 cm³/mol. The normalized spacial score (nSPS) is 23.6. The summed E-state index contributed by atoms with van der Waals surface area (Å²) in [6.07, 6.45) is 4.77. The van der Waals surface area contributed by atoms with Gasteiger partial charge < -0.3 is 4.74 Å². The highest BCUT2D eigenvalue weighted by Crippen LogP contribution is 2.49. The molecule has 0 unspecified atom stereocenters. The Bertz CT molecular complexity index is 1100. The first-order valence-corrected chi connectivity index (χ1v) is 16.0. The highest BCUT2D eigenvalue weighted by Gasteiger charge is 2.47. The predicted octanol–water partition coefficient (Wildman–Crippen LogP) is 11.9. The number of alkyl halides is 6. The van der Waals surface area contributed by atoms with Gasteiger partial charge in [0.05, 0.1) is 12.2 Å². The maximum absolute atomic E-state index is 14.3. The molecule has 0 spiro atoms. The summed E-state index contributed by atoms with van der Waals surface area (Å²) in [7, 11) is 0. The fraction of sp³-hybridized carbons (Fsp3) is 0.657. The number of unbranched alkanes of at least 4 members (excludes halogenated alkanes) is 2. The zero-order valence-electron chi connectivity index (χ0n) is 25.1. The molecular weight excluding hydrogens is 550 g/mol. The molecule has 0 amide bonds. The molecule has 0 aromatic heterocycles. The molecule has 2 aliphatic rings. The van der Waals surface area contributed by atoms with Gasteiger partial charge in [-0.3, -0.25) is 0 Å². The van der Waals surface area contributed by atoms with Gasteiger partial charge in [0, 0.05) is 0 Å². The minimum Gasteiger partial charge on any atom is -0.493 e. The molecule has 42 heavy (non-hydrogen) atoms. The van der Waals surface area contributed by atoms with Gasteiger partial charge in [0.2, 0.25) is 0 Å². The van der Waals surface area contributed by atoms with E-state index < -0.39 is 34.8 Å². The lowest BCUT2D eigenvalue weighted by molar-refractivity contribution is -0.162. The number of hydrogen-bond acceptors (Lipinski definition) is 1. The molecule has 0 heterocycles. The fourth-order valence-corrected chi connectivity index (χ4v) is 7.34. The van der Waals surface area contributed by atoms with Gasteiger partial charge in [-0.05, 0) is 97.8 Å². The average molecular weight is 597 g/mol. The van der Waals surface area contributed by atoms with Crippen molar-refractivity contribution in [3.63, 3.8) is 0 Å². The molecule has 2 saturated carbocycles. The summed E-state index contributed by atoms with van der Waals surface area (Å²) in [4.78, 5) is 0. The summed E-state index contributed by atoms with van der Waals surface area (Å²) >= 11 is 0. The second kappa shape index (κ2) is 14.5. The lowest BCUT2D eigenvalue weighted by Gasteiger charge is -2.38. The quantitative estimate of drug-likeness (QED) is 0.185. The van der Waals surface area contributed by atoms with Crippen LogP contribution in [0.4, 0.5) is 26.3 Å². The Hall–Kier alpha value is -2.18. The Labute approximate surface area is 247 Å². The van der Waals surface area contributed by atoms with Crippen LogP contribution in [0.3, 0.4) is 0 Å². The van der Waals surface area contributed by atoms with Crippen LogP contribution in [-0.2, 0) is 18.8 Å². The molecule has 1 nitrogen and oxygen atoms in total. The fourth-order valence-electron chi connectivity index (χ4n) is 7.34. The van der Waals surface area contributed by atoms with Gasteiger partial charge in [0.15, 0.2) is 0 Å². The molecule has 0 radical (unpaired) electrons. The Kier molecular flexibility index (Phi) is 11.3. The van der Waals surface area contributed by atoms with Gasteiger partial charge in [0.25, 0.3) is 0 Å². The number of aryl methyl sites for hydroxylation is 1. The maximum atomic E-state index is 14.3. The lowest BCUT2D eigenvalue weighted by Crippen LogP contribution is -2.28. The first-order valence-electron chi connectivity index (χ1n) is 16.0. The third kappa shape index (κ3) is 8.47. The molecule has 0 atom stereocenters. The SMILES string of the molecule is CCCCCc1ccc(-c2ccc(OCC3CCC(C4CCC(CCC)CC4)CC3)c(C(F)(F)F)c2C(F)(F)F)cc1. The Morgan fingerprint density at radius 2 is 1.21 bits per heavy atom. The van der Waals surface area contributed by atoms with E-state index in [0.29, 0.717) is 5.92 Å². The van der Waals surface area contributed by atoms with Crippen molar-refractivity contribution < 1.29 is 31.1 Å². The van der Waals surface area contributed by atoms with Crippen molar-refractivity contribution in [3.8, 4) is 16.9 Å². The van der Waals surface area contributed by atoms with Crippen LogP contribution in [0.25, 0.3) is 11.1 Å². The Balaban J connectivity index is 1.46. The first kappa shape index (κ1) is 32.7. The molecule has 2 aromatic rings. The van der Waals surface area contributed by atoms with Crippen LogP contribution < -0.4 is 4.74 Å². The van der Waals surface area contributed by atoms with Crippen molar-refractivity contribution in [1.82, 2.24) is 0 Å². The number of benzene rings is 2. The summed E-state index contributed by atoms with van der Waals surface area (Å²) in [5.41, 5.74) is -2.81. The van der Waals surface area contributed by atoms with E-state index >= 15 is 0 Å². The van der Waals surface area contributed by atoms with Crippen molar-refractivity contribution in [1.29, 1.82) is 0 Å². The average Bonchev–Trinajstić information content (AvgIpc) is 2.96. The van der Waals surface area contributed by atoms with Crippen molar-refractivity contribution >= 4 is 0 Å². The summed E-state index contributed by atoms with van der Waals surface area (Å²) in [5.74, 6) is 1.54. The molecule has 7 heteroatoms. The van der Waals surface area contributed by atoms with E-state index in [9.17, 15) is 26.3 Å². The van der Waals surface area contributed by atoms with E-state index in [-0.39, 0.29) is 18.1 Å². The van der Waals surface area contributed by atoms with E-state index in [1.807, 2.05) is 0 Å². The van der Waals surface area contributed by atoms with Gasteiger partial charge >= 0.3 is 12.4 Å². The highest BCUT2D eigenvalue weighted by molar-refractivity contribution is 5.72. The summed E-state index contributed by atoms with van der Waals surface area (Å²) in [6, 6.07) is 8.59. The van der Waals surface area contributed by atoms with Crippen molar-refractivity contribution in [2.75, 3.05) is 6.61 Å². The van der Waals surface area contributed by atoms with Gasteiger partial charge in [-0.2, -0.15) is 26.3 Å². The maximum Gasteiger partial charge on any atom is 0.420 e. The third-order valence-electron chi connectivity index (χ3n) is 9.69. The monoisotopic (exact) mass is 596 g/mol. The number of ether oxygens (including phenoxy) is 1. The molecule has 2 aliphatic carbocycles. The lowest BCUT2D eigenvalue weighted by atomic mass is 9.69. The molecule has 4 rings (SSSR count). The Morgan fingerprint density at radius 1 is 0.643 bits per heavy atom. The largest absolute Gasteiger partial charge is 0.493 e. The van der Waals surface area contributed by atoms with Crippen LogP contribution in [0.15, 0.2) is 36.4 Å². The molecule has 0 N–H and O–H groups in total. The smallest absolute Gasteiger partial charge is 0.420 e. The molecule has 0 bridgehead atoms. The van der Waals surface area contributed by atoms with Crippen molar-refractivity contribution in [2.45, 2.75) is 116 Å². The van der Waals surface area contributed by atoms with Crippen molar-refractivity contribution in [3.05, 3.63) is 53.1 Å². The zero-order chi connectivity index (χ0) is 30.3. The highest BCUT2D eigenvalue weighted by atomic mass is 19.4. The molecule has 0 aliphatic heterocycles. The van der Waals surface area contributed by atoms with Crippen LogP contribution in [0.1, 0.15) is 114 Å². The van der Waals surface area contributed by atoms with E-state index in [1.54, 1.807) is 12.1 Å². The van der Waals surface area contributed by atoms with Gasteiger partial charge in [-0.15, -0.1) is 0 Å². The minimum absolute atomic E-state index is 0.00212. The molecule has 0 saturated heterocycles. The van der Waals surface area contributed by atoms with Crippen LogP contribution in [0.2, 0.25) is 0 Å². The molecule has 234 valence electrons.